The smallest absolute Gasteiger partial charge is 0.188 e. The molecular formula is C12H12BrN3O3. The number of rotatable bonds is 3. The number of aromatic nitrogens is 3. The quantitative estimate of drug-likeness (QED) is 0.863. The number of hydrogen-bond donors (Lipinski definition) is 0. The highest BCUT2D eigenvalue weighted by atomic mass is 79.9. The van der Waals surface area contributed by atoms with Crippen LogP contribution in [0.2, 0.25) is 0 Å². The van der Waals surface area contributed by atoms with Crippen molar-refractivity contribution >= 4 is 15.9 Å². The highest BCUT2D eigenvalue weighted by Crippen LogP contribution is 2.39. The summed E-state index contributed by atoms with van der Waals surface area (Å²) < 4.78 is 19.1. The van der Waals surface area contributed by atoms with E-state index in [4.69, 9.17) is 14.2 Å². The van der Waals surface area contributed by atoms with E-state index in [0.717, 1.165) is 10.2 Å². The van der Waals surface area contributed by atoms with E-state index in [2.05, 4.69) is 26.0 Å². The summed E-state index contributed by atoms with van der Waals surface area (Å²) in [7, 11) is 1.82. The fraction of sp³-hybridized carbons (Fsp3) is 0.333. The van der Waals surface area contributed by atoms with Crippen molar-refractivity contribution in [2.75, 3.05) is 13.2 Å². The lowest BCUT2D eigenvalue weighted by Crippen LogP contribution is -2.15. The molecule has 1 aromatic heterocycles. The average Bonchev–Trinajstić information content (AvgIpc) is 2.82. The Hall–Kier alpha value is -1.76. The summed E-state index contributed by atoms with van der Waals surface area (Å²) in [5.41, 5.74) is 0. The molecule has 0 fully saturated rings. The number of halogens is 1. The summed E-state index contributed by atoms with van der Waals surface area (Å²) in [4.78, 5) is 4.10. The molecule has 0 spiro atoms. The Labute approximate surface area is 118 Å². The topological polar surface area (TPSA) is 58.4 Å². The zero-order valence-corrected chi connectivity index (χ0v) is 11.9. The predicted molar refractivity (Wildman–Crippen MR) is 70.5 cm³/mol. The molecule has 1 aromatic carbocycles. The van der Waals surface area contributed by atoms with Crippen molar-refractivity contribution < 1.29 is 14.2 Å². The van der Waals surface area contributed by atoms with Crippen LogP contribution in [0.4, 0.5) is 0 Å². The van der Waals surface area contributed by atoms with E-state index >= 15 is 0 Å². The van der Waals surface area contributed by atoms with Crippen molar-refractivity contribution in [3.8, 4) is 17.2 Å². The molecular weight excluding hydrogens is 314 g/mol. The first-order valence-electron chi connectivity index (χ1n) is 5.79. The molecule has 100 valence electrons. The summed E-state index contributed by atoms with van der Waals surface area (Å²) in [6, 6.07) is 3.65. The fourth-order valence-electron chi connectivity index (χ4n) is 1.75. The molecule has 6 nitrogen and oxygen atoms in total. The van der Waals surface area contributed by atoms with Gasteiger partial charge in [0.05, 0.1) is 4.47 Å². The normalized spacial score (nSPS) is 13.4. The molecule has 19 heavy (non-hydrogen) atoms. The first kappa shape index (κ1) is 12.3. The molecule has 0 saturated carbocycles. The van der Waals surface area contributed by atoms with Gasteiger partial charge in [0.25, 0.3) is 0 Å². The van der Waals surface area contributed by atoms with Gasteiger partial charge in [0.15, 0.2) is 17.3 Å². The average molecular weight is 326 g/mol. The second-order valence-corrected chi connectivity index (χ2v) is 4.90. The Kier molecular flexibility index (Phi) is 3.29. The standard InChI is InChI=1S/C12H12BrN3O3/c1-16-7-14-12(15-16)6-19-9-5-11-10(4-8(9)13)17-2-3-18-11/h4-5,7H,2-3,6H2,1H3. The van der Waals surface area contributed by atoms with Crippen LogP contribution in [-0.2, 0) is 13.7 Å². The monoisotopic (exact) mass is 325 g/mol. The molecule has 0 N–H and O–H groups in total. The van der Waals surface area contributed by atoms with Gasteiger partial charge in [-0.15, -0.1) is 0 Å². The molecule has 1 aliphatic rings. The lowest BCUT2D eigenvalue weighted by molar-refractivity contribution is 0.170. The summed E-state index contributed by atoms with van der Waals surface area (Å²) in [6.07, 6.45) is 1.64. The van der Waals surface area contributed by atoms with Gasteiger partial charge in [-0.05, 0) is 15.9 Å². The number of hydrogen-bond acceptors (Lipinski definition) is 5. The van der Waals surface area contributed by atoms with Crippen LogP contribution in [0.25, 0.3) is 0 Å². The van der Waals surface area contributed by atoms with Crippen LogP contribution < -0.4 is 14.2 Å². The molecule has 0 amide bonds. The maximum Gasteiger partial charge on any atom is 0.188 e. The number of benzene rings is 1. The largest absolute Gasteiger partial charge is 0.486 e. The summed E-state index contributed by atoms with van der Waals surface area (Å²) in [5.74, 6) is 2.72. The van der Waals surface area contributed by atoms with Crippen LogP contribution in [0, 0.1) is 0 Å². The van der Waals surface area contributed by atoms with Crippen molar-refractivity contribution in [2.45, 2.75) is 6.61 Å². The van der Waals surface area contributed by atoms with Crippen LogP contribution >= 0.6 is 15.9 Å². The molecule has 2 aromatic rings. The van der Waals surface area contributed by atoms with Crippen molar-refractivity contribution in [2.24, 2.45) is 7.05 Å². The first-order chi connectivity index (χ1) is 9.22. The van der Waals surface area contributed by atoms with E-state index in [1.54, 1.807) is 11.0 Å². The Morgan fingerprint density at radius 3 is 2.74 bits per heavy atom. The summed E-state index contributed by atoms with van der Waals surface area (Å²) in [5, 5.41) is 4.15. The summed E-state index contributed by atoms with van der Waals surface area (Å²) >= 11 is 3.45. The third-order valence-corrected chi connectivity index (χ3v) is 3.22. The van der Waals surface area contributed by atoms with Gasteiger partial charge in [0.2, 0.25) is 0 Å². The second-order valence-electron chi connectivity index (χ2n) is 4.05. The van der Waals surface area contributed by atoms with Gasteiger partial charge in [-0.1, -0.05) is 0 Å². The molecule has 0 atom stereocenters. The third kappa shape index (κ3) is 2.65. The highest BCUT2D eigenvalue weighted by molar-refractivity contribution is 9.10. The van der Waals surface area contributed by atoms with E-state index < -0.39 is 0 Å². The van der Waals surface area contributed by atoms with E-state index in [-0.39, 0.29) is 0 Å². The Bertz CT molecular complexity index is 600. The second kappa shape index (κ2) is 5.08. The Morgan fingerprint density at radius 1 is 1.32 bits per heavy atom. The SMILES string of the molecule is Cn1cnc(COc2cc3c(cc2Br)OCCO3)n1. The highest BCUT2D eigenvalue weighted by Gasteiger charge is 2.16. The lowest BCUT2D eigenvalue weighted by atomic mass is 10.3. The maximum absolute atomic E-state index is 5.68. The number of fused-ring (bicyclic) bond motifs is 1. The minimum Gasteiger partial charge on any atom is -0.486 e. The Balaban J connectivity index is 1.77. The van der Waals surface area contributed by atoms with Crippen LogP contribution in [-0.4, -0.2) is 28.0 Å². The van der Waals surface area contributed by atoms with Crippen molar-refractivity contribution in [1.29, 1.82) is 0 Å². The van der Waals surface area contributed by atoms with Gasteiger partial charge >= 0.3 is 0 Å². The lowest BCUT2D eigenvalue weighted by Gasteiger charge is -2.19. The van der Waals surface area contributed by atoms with Crippen molar-refractivity contribution in [1.82, 2.24) is 14.8 Å². The molecule has 0 unspecified atom stereocenters. The zero-order chi connectivity index (χ0) is 13.2. The number of ether oxygens (including phenoxy) is 3. The number of aryl methyl sites for hydroxylation is 1. The zero-order valence-electron chi connectivity index (χ0n) is 10.3. The molecule has 0 saturated heterocycles. The van der Waals surface area contributed by atoms with Gasteiger partial charge in [-0.25, -0.2) is 4.98 Å². The maximum atomic E-state index is 5.68. The minimum absolute atomic E-state index is 0.305. The summed E-state index contributed by atoms with van der Waals surface area (Å²) in [6.45, 7) is 1.42. The Morgan fingerprint density at radius 2 is 2.05 bits per heavy atom. The van der Waals surface area contributed by atoms with Gasteiger partial charge in [0.1, 0.15) is 31.9 Å². The fourth-order valence-corrected chi connectivity index (χ4v) is 2.19. The van der Waals surface area contributed by atoms with Crippen molar-refractivity contribution in [3.05, 3.63) is 28.8 Å². The number of nitrogens with zero attached hydrogens (tertiary/aromatic N) is 3. The molecule has 0 aliphatic carbocycles. The van der Waals surface area contributed by atoms with E-state index in [0.29, 0.717) is 37.1 Å². The molecule has 0 radical (unpaired) electrons. The minimum atomic E-state index is 0.305. The van der Waals surface area contributed by atoms with Crippen LogP contribution in [0.5, 0.6) is 17.2 Å². The first-order valence-corrected chi connectivity index (χ1v) is 6.58. The van der Waals surface area contributed by atoms with E-state index in [9.17, 15) is 0 Å². The van der Waals surface area contributed by atoms with E-state index in [1.807, 2.05) is 19.2 Å². The van der Waals surface area contributed by atoms with Crippen LogP contribution in [0.15, 0.2) is 22.9 Å². The molecule has 1 aliphatic heterocycles. The third-order valence-electron chi connectivity index (χ3n) is 2.60. The van der Waals surface area contributed by atoms with Crippen LogP contribution in [0.1, 0.15) is 5.82 Å². The van der Waals surface area contributed by atoms with Gasteiger partial charge in [0, 0.05) is 19.2 Å². The molecule has 7 heteroatoms. The van der Waals surface area contributed by atoms with Crippen LogP contribution in [0.3, 0.4) is 0 Å². The van der Waals surface area contributed by atoms with Gasteiger partial charge in [-0.3, -0.25) is 4.68 Å². The molecule has 2 heterocycles. The van der Waals surface area contributed by atoms with Crippen molar-refractivity contribution in [3.63, 3.8) is 0 Å². The van der Waals surface area contributed by atoms with Gasteiger partial charge in [-0.2, -0.15) is 5.10 Å². The van der Waals surface area contributed by atoms with Gasteiger partial charge < -0.3 is 14.2 Å². The molecule has 0 bridgehead atoms. The molecule has 3 rings (SSSR count). The predicted octanol–water partition coefficient (Wildman–Crippen LogP) is 1.93. The van der Waals surface area contributed by atoms with E-state index in [1.165, 1.54) is 0 Å².